The number of pyridine rings is 1. The lowest BCUT2D eigenvalue weighted by Crippen LogP contribution is -2.46. The summed E-state index contributed by atoms with van der Waals surface area (Å²) < 4.78 is 15.2. The van der Waals surface area contributed by atoms with E-state index in [0.29, 0.717) is 34.4 Å². The molecule has 4 aliphatic rings. The van der Waals surface area contributed by atoms with Crippen LogP contribution in [0.5, 0.6) is 0 Å². The molecule has 1 saturated heterocycles. The van der Waals surface area contributed by atoms with Gasteiger partial charge in [0.2, 0.25) is 0 Å². The second-order valence-corrected chi connectivity index (χ2v) is 8.18. The van der Waals surface area contributed by atoms with Crippen LogP contribution in [0.4, 0.5) is 16.0 Å². The molecule has 0 aromatic carbocycles. The van der Waals surface area contributed by atoms with Crippen molar-refractivity contribution in [2.45, 2.75) is 44.7 Å². The lowest BCUT2D eigenvalue weighted by Gasteiger charge is -2.36. The summed E-state index contributed by atoms with van der Waals surface area (Å²) in [7, 11) is 0. The molecule has 6 nitrogen and oxygen atoms in total. The summed E-state index contributed by atoms with van der Waals surface area (Å²) in [6, 6.07) is 0.493. The van der Waals surface area contributed by atoms with E-state index in [1.807, 2.05) is 9.80 Å². The van der Waals surface area contributed by atoms with Gasteiger partial charge in [0, 0.05) is 43.4 Å². The van der Waals surface area contributed by atoms with Gasteiger partial charge in [-0.1, -0.05) is 0 Å². The molecular formula is C19H23FN4O2. The third-order valence-electron chi connectivity index (χ3n) is 6.50. The van der Waals surface area contributed by atoms with Crippen LogP contribution < -0.4 is 15.5 Å². The fourth-order valence-corrected chi connectivity index (χ4v) is 4.68. The number of fused-ring (bicyclic) bond motifs is 2. The molecule has 0 bridgehead atoms. The minimum absolute atomic E-state index is 0.218. The van der Waals surface area contributed by atoms with Crippen LogP contribution in [0.3, 0.4) is 0 Å². The van der Waals surface area contributed by atoms with Gasteiger partial charge in [-0.3, -0.25) is 0 Å². The van der Waals surface area contributed by atoms with Gasteiger partial charge in [-0.2, -0.15) is 0 Å². The number of hydrogen-bond acceptors (Lipinski definition) is 5. The van der Waals surface area contributed by atoms with E-state index in [1.54, 1.807) is 13.1 Å². The molecule has 138 valence electrons. The number of rotatable bonds is 3. The molecule has 2 saturated carbocycles. The van der Waals surface area contributed by atoms with Gasteiger partial charge in [-0.15, -0.1) is 0 Å². The first kappa shape index (κ1) is 16.1. The SMILES string of the molecule is Cc1c(F)c(N2C[C@@H]3C[C@H](N)[C@@H]3C2)nc2c1CC(C(=O)O)=CN2C1CC1. The number of halogens is 1. The third kappa shape index (κ3) is 2.26. The topological polar surface area (TPSA) is 82.7 Å². The number of anilines is 2. The number of aromatic nitrogens is 1. The Hall–Kier alpha value is -2.15. The van der Waals surface area contributed by atoms with E-state index in [2.05, 4.69) is 0 Å². The first-order valence-corrected chi connectivity index (χ1v) is 9.36. The highest BCUT2D eigenvalue weighted by atomic mass is 19.1. The lowest BCUT2D eigenvalue weighted by molar-refractivity contribution is -0.132. The summed E-state index contributed by atoms with van der Waals surface area (Å²) in [5.74, 6) is 0.845. The minimum atomic E-state index is -0.949. The molecule has 1 aromatic rings. The van der Waals surface area contributed by atoms with E-state index in [1.165, 1.54) is 0 Å². The van der Waals surface area contributed by atoms with E-state index in [0.717, 1.165) is 38.2 Å². The van der Waals surface area contributed by atoms with Gasteiger partial charge >= 0.3 is 5.97 Å². The van der Waals surface area contributed by atoms with Crippen molar-refractivity contribution in [1.82, 2.24) is 4.98 Å². The predicted octanol–water partition coefficient (Wildman–Crippen LogP) is 1.81. The highest BCUT2D eigenvalue weighted by molar-refractivity contribution is 5.89. The minimum Gasteiger partial charge on any atom is -0.478 e. The molecule has 2 aliphatic carbocycles. The second kappa shape index (κ2) is 5.42. The molecule has 3 heterocycles. The second-order valence-electron chi connectivity index (χ2n) is 8.18. The quantitative estimate of drug-likeness (QED) is 0.857. The molecule has 3 atom stereocenters. The molecule has 2 aliphatic heterocycles. The van der Waals surface area contributed by atoms with E-state index in [-0.39, 0.29) is 24.3 Å². The summed E-state index contributed by atoms with van der Waals surface area (Å²) in [5, 5.41) is 9.43. The van der Waals surface area contributed by atoms with Crippen LogP contribution in [0.2, 0.25) is 0 Å². The average molecular weight is 358 g/mol. The Morgan fingerprint density at radius 1 is 1.35 bits per heavy atom. The van der Waals surface area contributed by atoms with Crippen molar-refractivity contribution in [2.24, 2.45) is 17.6 Å². The number of hydrogen-bond donors (Lipinski definition) is 2. The Balaban J connectivity index is 1.56. The first-order valence-electron chi connectivity index (χ1n) is 9.36. The van der Waals surface area contributed by atoms with Gasteiger partial charge in [-0.05, 0) is 43.6 Å². The molecule has 1 aromatic heterocycles. The van der Waals surface area contributed by atoms with Crippen LogP contribution in [0.25, 0.3) is 0 Å². The number of carboxylic acids is 1. The summed E-state index contributed by atoms with van der Waals surface area (Å²) in [5.41, 5.74) is 7.61. The number of nitrogens with two attached hydrogens (primary N) is 1. The van der Waals surface area contributed by atoms with Gasteiger partial charge in [0.25, 0.3) is 0 Å². The van der Waals surface area contributed by atoms with Gasteiger partial charge in [0.15, 0.2) is 11.6 Å². The van der Waals surface area contributed by atoms with Gasteiger partial charge < -0.3 is 20.6 Å². The molecule has 5 rings (SSSR count). The highest BCUT2D eigenvalue weighted by Crippen LogP contribution is 2.44. The molecule has 0 amide bonds. The van der Waals surface area contributed by atoms with Crippen molar-refractivity contribution in [3.05, 3.63) is 28.7 Å². The normalized spacial score (nSPS) is 29.8. The molecule has 7 heteroatoms. The van der Waals surface area contributed by atoms with Crippen LogP contribution in [0, 0.1) is 24.6 Å². The maximum absolute atomic E-state index is 15.2. The maximum Gasteiger partial charge on any atom is 0.333 e. The molecule has 26 heavy (non-hydrogen) atoms. The van der Waals surface area contributed by atoms with Crippen LogP contribution in [0.1, 0.15) is 30.4 Å². The monoisotopic (exact) mass is 358 g/mol. The molecule has 0 spiro atoms. The average Bonchev–Trinajstić information content (AvgIpc) is 3.39. The molecule has 3 fully saturated rings. The fraction of sp³-hybridized carbons (Fsp3) is 0.579. The zero-order valence-corrected chi connectivity index (χ0v) is 14.8. The largest absolute Gasteiger partial charge is 0.478 e. The van der Waals surface area contributed by atoms with Gasteiger partial charge in [0.1, 0.15) is 5.82 Å². The molecular weight excluding hydrogens is 335 g/mol. The van der Waals surface area contributed by atoms with Gasteiger partial charge in [0.05, 0.1) is 5.57 Å². The smallest absolute Gasteiger partial charge is 0.333 e. The Bertz CT molecular complexity index is 835. The van der Waals surface area contributed by atoms with Crippen LogP contribution >= 0.6 is 0 Å². The molecule has 3 N–H and O–H groups in total. The summed E-state index contributed by atoms with van der Waals surface area (Å²) in [6.07, 6.45) is 4.95. The van der Waals surface area contributed by atoms with Crippen molar-refractivity contribution in [2.75, 3.05) is 22.9 Å². The predicted molar refractivity (Wildman–Crippen MR) is 95.6 cm³/mol. The van der Waals surface area contributed by atoms with E-state index in [9.17, 15) is 9.90 Å². The Kier molecular flexibility index (Phi) is 3.35. The number of carboxylic acid groups (broad SMARTS) is 1. The lowest BCUT2D eigenvalue weighted by atomic mass is 9.72. The number of carbonyl (C=O) groups is 1. The van der Waals surface area contributed by atoms with Crippen molar-refractivity contribution < 1.29 is 14.3 Å². The fourth-order valence-electron chi connectivity index (χ4n) is 4.68. The zero-order chi connectivity index (χ0) is 18.2. The zero-order valence-electron chi connectivity index (χ0n) is 14.8. The Morgan fingerprint density at radius 2 is 2.12 bits per heavy atom. The van der Waals surface area contributed by atoms with Crippen molar-refractivity contribution in [3.63, 3.8) is 0 Å². The standard InChI is InChI=1S/C19H23FN4O2/c1-9-13-4-11(19(25)26)7-24(12-2-3-12)17(13)22-18(16(9)20)23-6-10-5-15(21)14(10)8-23/h7,10,12,14-15H,2-6,8,21H2,1H3,(H,25,26)/t10-,14+,15-/m0/s1. The molecule has 0 radical (unpaired) electrons. The third-order valence-corrected chi connectivity index (χ3v) is 6.50. The number of aliphatic carboxylic acids is 1. The van der Waals surface area contributed by atoms with Crippen molar-refractivity contribution in [3.8, 4) is 0 Å². The van der Waals surface area contributed by atoms with Crippen LogP contribution in [-0.4, -0.2) is 41.2 Å². The summed E-state index contributed by atoms with van der Waals surface area (Å²) >= 11 is 0. The van der Waals surface area contributed by atoms with E-state index < -0.39 is 5.97 Å². The van der Waals surface area contributed by atoms with Crippen molar-refractivity contribution >= 4 is 17.6 Å². The van der Waals surface area contributed by atoms with Gasteiger partial charge in [-0.25, -0.2) is 14.2 Å². The van der Waals surface area contributed by atoms with Crippen molar-refractivity contribution in [1.29, 1.82) is 0 Å². The first-order chi connectivity index (χ1) is 12.4. The number of nitrogens with zero attached hydrogens (tertiary/aromatic N) is 3. The Labute approximate surface area is 151 Å². The molecule has 0 unspecified atom stereocenters. The van der Waals surface area contributed by atoms with Crippen LogP contribution in [-0.2, 0) is 11.2 Å². The Morgan fingerprint density at radius 3 is 2.73 bits per heavy atom. The van der Waals surface area contributed by atoms with E-state index >= 15 is 4.39 Å². The summed E-state index contributed by atoms with van der Waals surface area (Å²) in [4.78, 5) is 20.2. The maximum atomic E-state index is 15.2. The highest BCUT2D eigenvalue weighted by Gasteiger charge is 2.46. The summed E-state index contributed by atoms with van der Waals surface area (Å²) in [6.45, 7) is 3.30. The van der Waals surface area contributed by atoms with E-state index in [4.69, 9.17) is 10.7 Å². The van der Waals surface area contributed by atoms with Crippen LogP contribution in [0.15, 0.2) is 11.8 Å².